The van der Waals surface area contributed by atoms with Gasteiger partial charge in [-0.1, -0.05) is 6.07 Å². The number of alkyl halides is 3. The summed E-state index contributed by atoms with van der Waals surface area (Å²) in [6, 6.07) is 3.93. The van der Waals surface area contributed by atoms with Crippen molar-refractivity contribution in [3.63, 3.8) is 0 Å². The zero-order chi connectivity index (χ0) is 14.0. The van der Waals surface area contributed by atoms with Crippen molar-refractivity contribution in [3.05, 3.63) is 34.3 Å². The SMILES string of the molecule is NC(COCC(F)(F)F)c1ccc2[nH]c(=O)oc2c1. The summed E-state index contributed by atoms with van der Waals surface area (Å²) in [7, 11) is 0. The maximum absolute atomic E-state index is 11.9. The third-order valence-corrected chi connectivity index (χ3v) is 2.44. The molecule has 0 saturated carbocycles. The second kappa shape index (κ2) is 5.06. The van der Waals surface area contributed by atoms with Crippen LogP contribution in [0.15, 0.2) is 27.4 Å². The molecule has 2 rings (SSSR count). The molecule has 1 atom stereocenters. The van der Waals surface area contributed by atoms with Crippen LogP contribution in [0, 0.1) is 0 Å². The van der Waals surface area contributed by atoms with Crippen molar-refractivity contribution in [1.29, 1.82) is 0 Å². The minimum Gasteiger partial charge on any atom is -0.408 e. The topological polar surface area (TPSA) is 81.2 Å². The average Bonchev–Trinajstić information content (AvgIpc) is 2.65. The number of rotatable bonds is 4. The van der Waals surface area contributed by atoms with Crippen molar-refractivity contribution in [3.8, 4) is 0 Å². The second-order valence-electron chi connectivity index (χ2n) is 4.01. The van der Waals surface area contributed by atoms with Gasteiger partial charge in [-0.2, -0.15) is 13.2 Å². The lowest BCUT2D eigenvalue weighted by Crippen LogP contribution is -2.23. The van der Waals surface area contributed by atoms with Crippen LogP contribution in [0.4, 0.5) is 13.2 Å². The van der Waals surface area contributed by atoms with E-state index in [4.69, 9.17) is 10.2 Å². The quantitative estimate of drug-likeness (QED) is 0.890. The number of nitrogens with two attached hydrogens (primary N) is 1. The smallest absolute Gasteiger partial charge is 0.408 e. The van der Waals surface area contributed by atoms with Gasteiger partial charge < -0.3 is 14.9 Å². The fourth-order valence-corrected chi connectivity index (χ4v) is 1.59. The molecule has 8 heteroatoms. The molecule has 19 heavy (non-hydrogen) atoms. The van der Waals surface area contributed by atoms with Crippen LogP contribution in [0.5, 0.6) is 0 Å². The molecule has 0 amide bonds. The van der Waals surface area contributed by atoms with Crippen molar-refractivity contribution in [1.82, 2.24) is 4.98 Å². The van der Waals surface area contributed by atoms with Gasteiger partial charge in [0.05, 0.1) is 18.2 Å². The van der Waals surface area contributed by atoms with Crippen LogP contribution in [0.3, 0.4) is 0 Å². The summed E-state index contributed by atoms with van der Waals surface area (Å²) < 4.78 is 45.0. The number of benzene rings is 1. The van der Waals surface area contributed by atoms with E-state index in [-0.39, 0.29) is 6.61 Å². The molecule has 3 N–H and O–H groups in total. The van der Waals surface area contributed by atoms with E-state index < -0.39 is 24.6 Å². The second-order valence-corrected chi connectivity index (χ2v) is 4.01. The van der Waals surface area contributed by atoms with Crippen LogP contribution in [-0.2, 0) is 4.74 Å². The normalized spacial score (nSPS) is 13.9. The number of aromatic nitrogens is 1. The van der Waals surface area contributed by atoms with Gasteiger partial charge in [0.15, 0.2) is 5.58 Å². The lowest BCUT2D eigenvalue weighted by molar-refractivity contribution is -0.174. The summed E-state index contributed by atoms with van der Waals surface area (Å²) in [6.45, 7) is -1.62. The zero-order valence-electron chi connectivity index (χ0n) is 9.66. The first-order valence-electron chi connectivity index (χ1n) is 5.38. The maximum atomic E-state index is 11.9. The van der Waals surface area contributed by atoms with E-state index in [0.29, 0.717) is 16.7 Å². The fraction of sp³-hybridized carbons (Fsp3) is 0.364. The minimum absolute atomic E-state index is 0.278. The van der Waals surface area contributed by atoms with E-state index in [2.05, 4.69) is 9.72 Å². The van der Waals surface area contributed by atoms with Crippen LogP contribution >= 0.6 is 0 Å². The monoisotopic (exact) mass is 276 g/mol. The molecule has 0 saturated heterocycles. The largest absolute Gasteiger partial charge is 0.417 e. The van der Waals surface area contributed by atoms with Gasteiger partial charge in [0.1, 0.15) is 6.61 Å². The molecule has 1 unspecified atom stereocenters. The van der Waals surface area contributed by atoms with Gasteiger partial charge in [-0.05, 0) is 17.7 Å². The van der Waals surface area contributed by atoms with Crippen LogP contribution in [0.2, 0.25) is 0 Å². The standard InChI is InChI=1S/C11H11F3N2O3/c12-11(13,14)5-18-4-7(15)6-1-2-8-9(3-6)19-10(17)16-8/h1-3,7H,4-5,15H2,(H,16,17). The first-order chi connectivity index (χ1) is 8.85. The molecule has 104 valence electrons. The van der Waals surface area contributed by atoms with Gasteiger partial charge in [-0.3, -0.25) is 4.98 Å². The number of aromatic amines is 1. The molecule has 1 heterocycles. The van der Waals surface area contributed by atoms with E-state index >= 15 is 0 Å². The molecule has 0 bridgehead atoms. The molecule has 1 aromatic heterocycles. The first-order valence-corrected chi connectivity index (χ1v) is 5.38. The first kappa shape index (κ1) is 13.6. The number of halogens is 3. The molecule has 1 aromatic carbocycles. The number of ether oxygens (including phenoxy) is 1. The fourth-order valence-electron chi connectivity index (χ4n) is 1.59. The zero-order valence-corrected chi connectivity index (χ0v) is 9.66. The molecule has 0 spiro atoms. The maximum Gasteiger partial charge on any atom is 0.417 e. The van der Waals surface area contributed by atoms with Crippen LogP contribution in [0.25, 0.3) is 11.1 Å². The third kappa shape index (κ3) is 3.58. The van der Waals surface area contributed by atoms with Crippen LogP contribution in [0.1, 0.15) is 11.6 Å². The van der Waals surface area contributed by atoms with Crippen LogP contribution in [-0.4, -0.2) is 24.4 Å². The highest BCUT2D eigenvalue weighted by Gasteiger charge is 2.27. The Hall–Kier alpha value is -1.80. The Morgan fingerprint density at radius 3 is 2.84 bits per heavy atom. The van der Waals surface area contributed by atoms with E-state index in [1.54, 1.807) is 12.1 Å². The lowest BCUT2D eigenvalue weighted by Gasteiger charge is -2.13. The minimum atomic E-state index is -4.38. The Labute approximate surface area is 105 Å². The molecule has 0 aliphatic carbocycles. The van der Waals surface area contributed by atoms with Crippen LogP contribution < -0.4 is 11.5 Å². The van der Waals surface area contributed by atoms with Crippen molar-refractivity contribution in [2.45, 2.75) is 12.2 Å². The number of hydrogen-bond donors (Lipinski definition) is 2. The van der Waals surface area contributed by atoms with Gasteiger partial charge >= 0.3 is 11.9 Å². The van der Waals surface area contributed by atoms with E-state index in [9.17, 15) is 18.0 Å². The van der Waals surface area contributed by atoms with E-state index in [1.807, 2.05) is 0 Å². The summed E-state index contributed by atoms with van der Waals surface area (Å²) in [4.78, 5) is 13.4. The molecule has 0 aliphatic heterocycles. The molecule has 0 fully saturated rings. The molecule has 0 radical (unpaired) electrons. The van der Waals surface area contributed by atoms with E-state index in [1.165, 1.54) is 6.07 Å². The lowest BCUT2D eigenvalue weighted by atomic mass is 10.1. The summed E-state index contributed by atoms with van der Waals surface area (Å²) >= 11 is 0. The highest BCUT2D eigenvalue weighted by molar-refractivity contribution is 5.72. The van der Waals surface area contributed by atoms with Gasteiger partial charge in [0.2, 0.25) is 0 Å². The summed E-state index contributed by atoms with van der Waals surface area (Å²) in [6.07, 6.45) is -4.38. The summed E-state index contributed by atoms with van der Waals surface area (Å²) in [5, 5.41) is 0. The van der Waals surface area contributed by atoms with Crippen molar-refractivity contribution in [2.75, 3.05) is 13.2 Å². The molecular formula is C11H11F3N2O3. The highest BCUT2D eigenvalue weighted by Crippen LogP contribution is 2.19. The number of fused-ring (bicyclic) bond motifs is 1. The Morgan fingerprint density at radius 1 is 1.42 bits per heavy atom. The predicted octanol–water partition coefficient (Wildman–Crippen LogP) is 1.70. The van der Waals surface area contributed by atoms with Gasteiger partial charge in [0.25, 0.3) is 0 Å². The third-order valence-electron chi connectivity index (χ3n) is 2.44. The van der Waals surface area contributed by atoms with E-state index in [0.717, 1.165) is 0 Å². The summed E-state index contributed by atoms with van der Waals surface area (Å²) in [5.74, 6) is -0.603. The molecule has 2 aromatic rings. The Balaban J connectivity index is 2.04. The molecular weight excluding hydrogens is 265 g/mol. The Bertz CT molecular complexity index is 617. The predicted molar refractivity (Wildman–Crippen MR) is 60.6 cm³/mol. The number of H-pyrrole nitrogens is 1. The van der Waals surface area contributed by atoms with Crippen molar-refractivity contribution >= 4 is 11.1 Å². The van der Waals surface area contributed by atoms with Crippen molar-refractivity contribution in [2.24, 2.45) is 5.73 Å². The summed E-state index contributed by atoms with van der Waals surface area (Å²) in [5.41, 5.74) is 7.02. The highest BCUT2D eigenvalue weighted by atomic mass is 19.4. The van der Waals surface area contributed by atoms with Gasteiger partial charge in [-0.25, -0.2) is 4.79 Å². The van der Waals surface area contributed by atoms with Gasteiger partial charge in [0, 0.05) is 0 Å². The average molecular weight is 276 g/mol. The Morgan fingerprint density at radius 2 is 2.16 bits per heavy atom. The number of hydrogen-bond acceptors (Lipinski definition) is 4. The molecule has 0 aliphatic rings. The van der Waals surface area contributed by atoms with Gasteiger partial charge in [-0.15, -0.1) is 0 Å². The number of oxazole rings is 1. The molecule has 5 nitrogen and oxygen atoms in total. The number of nitrogens with one attached hydrogen (secondary N) is 1. The van der Waals surface area contributed by atoms with Crippen molar-refractivity contribution < 1.29 is 22.3 Å². The Kier molecular flexibility index (Phi) is 3.63.